The van der Waals surface area contributed by atoms with E-state index in [-0.39, 0.29) is 29.2 Å². The highest BCUT2D eigenvalue weighted by Crippen LogP contribution is 2.37. The summed E-state index contributed by atoms with van der Waals surface area (Å²) in [5, 5.41) is 0.792. The topological polar surface area (TPSA) is 100 Å². The van der Waals surface area contributed by atoms with E-state index in [0.29, 0.717) is 67.4 Å². The van der Waals surface area contributed by atoms with Crippen molar-refractivity contribution in [1.82, 2.24) is 14.8 Å². The number of Topliss-reactive ketones (excluding diaryl/α,β-unsaturated/α-hetero) is 1. The molecule has 1 fully saturated rings. The third-order valence-corrected chi connectivity index (χ3v) is 8.81. The van der Waals surface area contributed by atoms with Crippen molar-refractivity contribution < 1.29 is 23.9 Å². The van der Waals surface area contributed by atoms with Crippen molar-refractivity contribution in [2.75, 3.05) is 37.7 Å². The van der Waals surface area contributed by atoms with Crippen molar-refractivity contribution >= 4 is 46.2 Å². The molecule has 0 bridgehead atoms. The summed E-state index contributed by atoms with van der Waals surface area (Å²) in [5.74, 6) is -0.533. The molecule has 0 aliphatic carbocycles. The lowest BCUT2D eigenvalue weighted by Gasteiger charge is -2.28. The van der Waals surface area contributed by atoms with E-state index in [1.165, 1.54) is 17.4 Å². The van der Waals surface area contributed by atoms with Gasteiger partial charge < -0.3 is 14.5 Å². The second kappa shape index (κ2) is 11.4. The van der Waals surface area contributed by atoms with Gasteiger partial charge in [-0.05, 0) is 77.2 Å². The van der Waals surface area contributed by atoms with Crippen LogP contribution in [0.1, 0.15) is 51.4 Å². The van der Waals surface area contributed by atoms with Gasteiger partial charge in [-0.3, -0.25) is 24.1 Å². The lowest BCUT2D eigenvalue weighted by Crippen LogP contribution is -2.40. The number of rotatable bonds is 3. The van der Waals surface area contributed by atoms with Gasteiger partial charge in [0.25, 0.3) is 5.91 Å². The normalized spacial score (nSPS) is 17.1. The van der Waals surface area contributed by atoms with Crippen LogP contribution in [0.4, 0.5) is 5.69 Å². The van der Waals surface area contributed by atoms with E-state index in [9.17, 15) is 19.2 Å². The van der Waals surface area contributed by atoms with E-state index in [4.69, 9.17) is 9.72 Å². The molecule has 3 amide bonds. The smallest absolute Gasteiger partial charge is 0.254 e. The van der Waals surface area contributed by atoms with E-state index in [1.54, 1.807) is 48.2 Å². The number of ketones is 1. The molecule has 226 valence electrons. The summed E-state index contributed by atoms with van der Waals surface area (Å²) in [7, 11) is 0. The van der Waals surface area contributed by atoms with Gasteiger partial charge in [0.2, 0.25) is 17.6 Å². The minimum absolute atomic E-state index is 0.0397. The molecule has 9 heteroatoms. The van der Waals surface area contributed by atoms with Crippen molar-refractivity contribution in [2.45, 2.75) is 26.8 Å². The van der Waals surface area contributed by atoms with Crippen LogP contribution >= 0.6 is 0 Å². The van der Waals surface area contributed by atoms with Gasteiger partial charge in [-0.1, -0.05) is 24.3 Å². The number of ether oxygens (including phenoxy) is 1. The fourth-order valence-corrected chi connectivity index (χ4v) is 6.47. The second-order valence-electron chi connectivity index (χ2n) is 11.6. The van der Waals surface area contributed by atoms with Gasteiger partial charge in [0.1, 0.15) is 0 Å². The maximum absolute atomic E-state index is 13.5. The number of carbonyl (C=O) groups is 4. The molecular formula is C36H32N4O5. The number of morpholine rings is 1. The summed E-state index contributed by atoms with van der Waals surface area (Å²) in [6.07, 6.45) is 2.45. The highest BCUT2D eigenvalue weighted by molar-refractivity contribution is 6.26. The zero-order valence-corrected chi connectivity index (χ0v) is 25.2. The van der Waals surface area contributed by atoms with Crippen molar-refractivity contribution in [3.63, 3.8) is 0 Å². The zero-order valence-electron chi connectivity index (χ0n) is 25.2. The summed E-state index contributed by atoms with van der Waals surface area (Å²) in [6.45, 7) is 6.34. The van der Waals surface area contributed by atoms with Crippen LogP contribution in [0.25, 0.3) is 28.1 Å². The fourth-order valence-electron chi connectivity index (χ4n) is 6.47. The first kappa shape index (κ1) is 28.6. The number of pyridine rings is 1. The van der Waals surface area contributed by atoms with Crippen LogP contribution in [0.2, 0.25) is 0 Å². The van der Waals surface area contributed by atoms with E-state index in [2.05, 4.69) is 18.2 Å². The van der Waals surface area contributed by atoms with Crippen LogP contribution in [0.15, 0.2) is 72.4 Å². The molecule has 0 spiro atoms. The fraction of sp³-hybridized carbons (Fsp3) is 0.250. The average Bonchev–Trinajstić information content (AvgIpc) is 3.34. The molecule has 0 unspecified atom stereocenters. The molecule has 0 radical (unpaired) electrons. The molecule has 4 heterocycles. The molecular weight excluding hydrogens is 568 g/mol. The first-order valence-electron chi connectivity index (χ1n) is 15.1. The number of hydrogen-bond acceptors (Lipinski definition) is 6. The van der Waals surface area contributed by atoms with Gasteiger partial charge >= 0.3 is 0 Å². The van der Waals surface area contributed by atoms with E-state index < -0.39 is 0 Å². The third kappa shape index (κ3) is 5.19. The predicted octanol–water partition coefficient (Wildman–Crippen LogP) is 4.87. The van der Waals surface area contributed by atoms with Crippen LogP contribution < -0.4 is 4.90 Å². The monoisotopic (exact) mass is 600 g/mol. The Morgan fingerprint density at radius 2 is 1.62 bits per heavy atom. The Balaban J connectivity index is 1.38. The second-order valence-corrected chi connectivity index (χ2v) is 11.6. The largest absolute Gasteiger partial charge is 0.378 e. The lowest BCUT2D eigenvalue weighted by atomic mass is 9.92. The summed E-state index contributed by atoms with van der Waals surface area (Å²) in [4.78, 5) is 61.8. The third-order valence-electron chi connectivity index (χ3n) is 8.81. The molecule has 3 aliphatic rings. The van der Waals surface area contributed by atoms with Gasteiger partial charge in [0.15, 0.2) is 0 Å². The number of carbonyl (C=O) groups excluding carboxylic acids is 4. The first-order valence-corrected chi connectivity index (χ1v) is 15.1. The lowest BCUT2D eigenvalue weighted by molar-refractivity contribution is -0.129. The van der Waals surface area contributed by atoms with Crippen LogP contribution in [0.5, 0.6) is 0 Å². The van der Waals surface area contributed by atoms with Crippen molar-refractivity contribution in [3.8, 4) is 11.1 Å². The molecule has 1 aromatic heterocycles. The van der Waals surface area contributed by atoms with Gasteiger partial charge in [-0.2, -0.15) is 0 Å². The molecule has 0 saturated carbocycles. The maximum atomic E-state index is 13.5. The van der Waals surface area contributed by atoms with E-state index in [0.717, 1.165) is 28.5 Å². The summed E-state index contributed by atoms with van der Waals surface area (Å²) in [6, 6.07) is 20.7. The van der Waals surface area contributed by atoms with Crippen LogP contribution in [0, 0.1) is 0 Å². The van der Waals surface area contributed by atoms with Crippen LogP contribution in [0.3, 0.4) is 0 Å². The average molecular weight is 601 g/mol. The Labute approximate surface area is 260 Å². The molecule has 0 N–H and O–H groups in total. The highest BCUT2D eigenvalue weighted by atomic mass is 16.5. The molecule has 0 atom stereocenters. The van der Waals surface area contributed by atoms with Crippen molar-refractivity contribution in [1.29, 1.82) is 0 Å². The van der Waals surface area contributed by atoms with Gasteiger partial charge in [-0.25, -0.2) is 4.98 Å². The van der Waals surface area contributed by atoms with Crippen LogP contribution in [-0.4, -0.2) is 71.1 Å². The summed E-state index contributed by atoms with van der Waals surface area (Å²) in [5.41, 5.74) is 7.00. The number of fused-ring (bicyclic) bond motifs is 3. The van der Waals surface area contributed by atoms with Crippen molar-refractivity contribution in [2.24, 2.45) is 0 Å². The van der Waals surface area contributed by atoms with Crippen molar-refractivity contribution in [3.05, 3.63) is 100 Å². The quantitative estimate of drug-likeness (QED) is 0.311. The first-order chi connectivity index (χ1) is 21.8. The molecule has 7 rings (SSSR count). The molecule has 3 aromatic carbocycles. The number of nitrogens with zero attached hydrogens (tertiary/aromatic N) is 4. The number of hydrogen-bond donors (Lipinski definition) is 0. The Hall–Kier alpha value is -5.15. The Bertz CT molecular complexity index is 1940. The minimum Gasteiger partial charge on any atom is -0.378 e. The number of amides is 3. The molecule has 4 aromatic rings. The van der Waals surface area contributed by atoms with Crippen LogP contribution in [-0.2, 0) is 27.3 Å². The number of allylic oxidation sites excluding steroid dienone is 1. The SMILES string of the molecule is CC(=O)N1CCc2ccc(-c3cc(/C=C4/C(=O)c5ccccc5N4C(C)=O)nc4ccc(C(=O)N5CCOCC5)cc34)cc2C1. The predicted molar refractivity (Wildman–Crippen MR) is 171 cm³/mol. The Kier molecular flexibility index (Phi) is 7.25. The Morgan fingerprint density at radius 1 is 0.822 bits per heavy atom. The van der Waals surface area contributed by atoms with E-state index >= 15 is 0 Å². The summed E-state index contributed by atoms with van der Waals surface area (Å²) < 4.78 is 5.44. The van der Waals surface area contributed by atoms with E-state index in [1.807, 2.05) is 23.1 Å². The summed E-state index contributed by atoms with van der Waals surface area (Å²) >= 11 is 0. The Morgan fingerprint density at radius 3 is 2.40 bits per heavy atom. The molecule has 3 aliphatic heterocycles. The number of benzene rings is 3. The molecule has 45 heavy (non-hydrogen) atoms. The molecule has 1 saturated heterocycles. The molecule has 9 nitrogen and oxygen atoms in total. The van der Waals surface area contributed by atoms with Gasteiger partial charge in [-0.15, -0.1) is 0 Å². The standard InChI is InChI=1S/C36H32N4O5/c1-22(41)39-12-11-24-7-8-25(17-27(24)21-39)30-19-28(20-34-35(43)29-5-3-4-6-33(29)40(34)23(2)42)37-32-10-9-26(18-31(30)32)36(44)38-13-15-45-16-14-38/h3-10,17-20H,11-16,21H2,1-2H3/b34-20-. The minimum atomic E-state index is -0.267. The number of anilines is 1. The maximum Gasteiger partial charge on any atom is 0.254 e. The number of para-hydroxylation sites is 1. The zero-order chi connectivity index (χ0) is 31.2. The number of aromatic nitrogens is 1. The van der Waals surface area contributed by atoms with Gasteiger partial charge in [0, 0.05) is 56.5 Å². The van der Waals surface area contributed by atoms with Gasteiger partial charge in [0.05, 0.1) is 35.8 Å². The highest BCUT2D eigenvalue weighted by Gasteiger charge is 2.34.